The highest BCUT2D eigenvalue weighted by atomic mass is 19.1. The minimum absolute atomic E-state index is 0.00945. The molecule has 1 aromatic heterocycles. The third kappa shape index (κ3) is 6.66. The first-order chi connectivity index (χ1) is 16.6. The molecular formula is C26H29FN2O5. The highest BCUT2D eigenvalue weighted by Gasteiger charge is 2.28. The number of rotatable bonds is 10. The van der Waals surface area contributed by atoms with Gasteiger partial charge in [-0.2, -0.15) is 0 Å². The maximum Gasteiger partial charge on any atom is 0.257 e. The Balaban J connectivity index is 1.36. The molecule has 2 heterocycles. The predicted molar refractivity (Wildman–Crippen MR) is 124 cm³/mol. The van der Waals surface area contributed by atoms with Crippen LogP contribution in [0.3, 0.4) is 0 Å². The van der Waals surface area contributed by atoms with Gasteiger partial charge in [0.15, 0.2) is 0 Å². The molecule has 0 saturated carbocycles. The van der Waals surface area contributed by atoms with Gasteiger partial charge in [-0.15, -0.1) is 0 Å². The monoisotopic (exact) mass is 468 g/mol. The van der Waals surface area contributed by atoms with Crippen molar-refractivity contribution in [1.82, 2.24) is 9.80 Å². The van der Waals surface area contributed by atoms with E-state index in [1.807, 2.05) is 30.3 Å². The average Bonchev–Trinajstić information content (AvgIpc) is 3.36. The number of benzene rings is 2. The van der Waals surface area contributed by atoms with Crippen molar-refractivity contribution in [3.05, 3.63) is 90.1 Å². The second-order valence-corrected chi connectivity index (χ2v) is 8.28. The molecule has 4 rings (SSSR count). The van der Waals surface area contributed by atoms with Crippen LogP contribution >= 0.6 is 0 Å². The number of morpholine rings is 1. The molecule has 8 heteroatoms. The second-order valence-electron chi connectivity index (χ2n) is 8.28. The lowest BCUT2D eigenvalue weighted by Crippen LogP contribution is -2.50. The number of aliphatic hydroxyl groups is 1. The number of hydrogen-bond donors (Lipinski definition) is 1. The molecule has 0 bridgehead atoms. The maximum absolute atomic E-state index is 14.3. The molecule has 2 unspecified atom stereocenters. The Hall–Kier alpha value is -3.20. The van der Waals surface area contributed by atoms with E-state index in [4.69, 9.17) is 13.9 Å². The number of para-hydroxylation sites is 1. The van der Waals surface area contributed by atoms with E-state index in [0.29, 0.717) is 37.8 Å². The van der Waals surface area contributed by atoms with Gasteiger partial charge >= 0.3 is 0 Å². The molecule has 1 amide bonds. The van der Waals surface area contributed by atoms with Gasteiger partial charge in [-0.25, -0.2) is 4.39 Å². The molecule has 0 spiro atoms. The Bertz CT molecular complexity index is 1030. The quantitative estimate of drug-likeness (QED) is 0.493. The lowest BCUT2D eigenvalue weighted by Gasteiger charge is -2.36. The molecule has 1 N–H and O–H groups in total. The van der Waals surface area contributed by atoms with E-state index in [1.165, 1.54) is 12.1 Å². The summed E-state index contributed by atoms with van der Waals surface area (Å²) in [4.78, 5) is 16.8. The number of carbonyl (C=O) groups excluding carboxylic acids is 1. The second kappa shape index (κ2) is 11.8. The summed E-state index contributed by atoms with van der Waals surface area (Å²) in [6.07, 6.45) is 0.582. The fraction of sp³-hybridized carbons (Fsp3) is 0.346. The van der Waals surface area contributed by atoms with E-state index in [-0.39, 0.29) is 31.4 Å². The number of furan rings is 1. The summed E-state index contributed by atoms with van der Waals surface area (Å²) < 4.78 is 31.3. The van der Waals surface area contributed by atoms with Crippen LogP contribution in [0.1, 0.15) is 16.1 Å². The van der Waals surface area contributed by atoms with E-state index in [1.54, 1.807) is 35.4 Å². The van der Waals surface area contributed by atoms with Crippen LogP contribution in [0.25, 0.3) is 0 Å². The van der Waals surface area contributed by atoms with Gasteiger partial charge in [0, 0.05) is 26.2 Å². The summed E-state index contributed by atoms with van der Waals surface area (Å²) >= 11 is 0. The zero-order valence-electron chi connectivity index (χ0n) is 18.9. The van der Waals surface area contributed by atoms with Crippen LogP contribution in [0.4, 0.5) is 4.39 Å². The van der Waals surface area contributed by atoms with Crippen molar-refractivity contribution in [2.24, 2.45) is 0 Å². The van der Waals surface area contributed by atoms with Gasteiger partial charge in [0.2, 0.25) is 0 Å². The molecule has 1 aliphatic heterocycles. The Morgan fingerprint density at radius 1 is 1.15 bits per heavy atom. The molecule has 1 aliphatic rings. The molecule has 0 aliphatic carbocycles. The minimum atomic E-state index is -0.668. The Morgan fingerprint density at radius 3 is 2.71 bits per heavy atom. The normalized spacial score (nSPS) is 17.3. The van der Waals surface area contributed by atoms with Crippen molar-refractivity contribution < 1.29 is 28.2 Å². The van der Waals surface area contributed by atoms with Crippen molar-refractivity contribution in [3.63, 3.8) is 0 Å². The SMILES string of the molecule is O=C(c1ccccc1F)N(Cc1ccco1)CC1CN(CC(O)COc2ccccc2)CCO1. The highest BCUT2D eigenvalue weighted by molar-refractivity contribution is 5.94. The van der Waals surface area contributed by atoms with Crippen LogP contribution in [0, 0.1) is 5.82 Å². The van der Waals surface area contributed by atoms with Crippen LogP contribution in [0.5, 0.6) is 5.75 Å². The van der Waals surface area contributed by atoms with Gasteiger partial charge in [-0.05, 0) is 36.4 Å². The first-order valence-corrected chi connectivity index (χ1v) is 11.3. The van der Waals surface area contributed by atoms with Gasteiger partial charge in [-0.1, -0.05) is 30.3 Å². The smallest absolute Gasteiger partial charge is 0.257 e. The number of carbonyl (C=O) groups is 1. The first kappa shape index (κ1) is 23.9. The maximum atomic E-state index is 14.3. The predicted octanol–water partition coefficient (Wildman–Crippen LogP) is 3.20. The molecule has 34 heavy (non-hydrogen) atoms. The van der Waals surface area contributed by atoms with E-state index in [9.17, 15) is 14.3 Å². The molecule has 2 aromatic carbocycles. The Labute approximate surface area is 198 Å². The molecule has 2 atom stereocenters. The summed E-state index contributed by atoms with van der Waals surface area (Å²) in [5.74, 6) is 0.323. The number of aliphatic hydroxyl groups excluding tert-OH is 1. The van der Waals surface area contributed by atoms with Gasteiger partial charge in [0.05, 0.1) is 31.1 Å². The van der Waals surface area contributed by atoms with Crippen LogP contribution in [-0.2, 0) is 11.3 Å². The number of nitrogens with zero attached hydrogens (tertiary/aromatic N) is 2. The third-order valence-electron chi connectivity index (χ3n) is 5.62. The summed E-state index contributed by atoms with van der Waals surface area (Å²) in [7, 11) is 0. The third-order valence-corrected chi connectivity index (χ3v) is 5.62. The van der Waals surface area contributed by atoms with E-state index < -0.39 is 17.8 Å². The molecule has 1 saturated heterocycles. The van der Waals surface area contributed by atoms with Crippen LogP contribution in [-0.4, -0.2) is 72.4 Å². The summed E-state index contributed by atoms with van der Waals surface area (Å²) in [6.45, 7) is 2.74. The fourth-order valence-electron chi connectivity index (χ4n) is 3.98. The van der Waals surface area contributed by atoms with Gasteiger partial charge in [0.1, 0.15) is 30.0 Å². The van der Waals surface area contributed by atoms with Gasteiger partial charge < -0.3 is 23.9 Å². The zero-order valence-corrected chi connectivity index (χ0v) is 18.9. The average molecular weight is 469 g/mol. The summed E-state index contributed by atoms with van der Waals surface area (Å²) in [5.41, 5.74) is 0.00945. The Kier molecular flexibility index (Phi) is 8.30. The van der Waals surface area contributed by atoms with E-state index in [2.05, 4.69) is 4.90 Å². The lowest BCUT2D eigenvalue weighted by atomic mass is 10.1. The molecular weight excluding hydrogens is 439 g/mol. The number of amides is 1. The van der Waals surface area contributed by atoms with E-state index >= 15 is 0 Å². The first-order valence-electron chi connectivity index (χ1n) is 11.3. The van der Waals surface area contributed by atoms with Crippen LogP contribution in [0.15, 0.2) is 77.4 Å². The molecule has 7 nitrogen and oxygen atoms in total. The summed E-state index contributed by atoms with van der Waals surface area (Å²) in [5, 5.41) is 10.4. The standard InChI is InChI=1S/C26H29FN2O5/c27-25-11-5-4-10-24(25)26(31)29(17-22-9-6-13-32-22)18-23-16-28(12-14-33-23)15-20(30)19-34-21-7-2-1-3-8-21/h1-11,13,20,23,30H,12,14-19H2. The van der Waals surface area contributed by atoms with Gasteiger partial charge in [0.25, 0.3) is 5.91 Å². The number of ether oxygens (including phenoxy) is 2. The summed E-state index contributed by atoms with van der Waals surface area (Å²) in [6, 6.07) is 18.8. The number of halogens is 1. The van der Waals surface area contributed by atoms with Crippen molar-refractivity contribution in [2.75, 3.05) is 39.4 Å². The number of hydrogen-bond acceptors (Lipinski definition) is 6. The van der Waals surface area contributed by atoms with Crippen molar-refractivity contribution in [3.8, 4) is 5.75 Å². The lowest BCUT2D eigenvalue weighted by molar-refractivity contribution is -0.0546. The highest BCUT2D eigenvalue weighted by Crippen LogP contribution is 2.17. The van der Waals surface area contributed by atoms with Crippen molar-refractivity contribution in [2.45, 2.75) is 18.8 Å². The fourth-order valence-corrected chi connectivity index (χ4v) is 3.98. The van der Waals surface area contributed by atoms with Crippen molar-refractivity contribution >= 4 is 5.91 Å². The minimum Gasteiger partial charge on any atom is -0.491 e. The zero-order chi connectivity index (χ0) is 23.8. The Morgan fingerprint density at radius 2 is 1.94 bits per heavy atom. The van der Waals surface area contributed by atoms with E-state index in [0.717, 1.165) is 0 Å². The van der Waals surface area contributed by atoms with Crippen molar-refractivity contribution in [1.29, 1.82) is 0 Å². The topological polar surface area (TPSA) is 75.4 Å². The number of β-amino-alcohol motifs (C(OH)–C–C–N with tert-alkyl or cyclic N) is 1. The molecule has 0 radical (unpaired) electrons. The van der Waals surface area contributed by atoms with Gasteiger partial charge in [-0.3, -0.25) is 9.69 Å². The van der Waals surface area contributed by atoms with Crippen LogP contribution < -0.4 is 4.74 Å². The molecule has 180 valence electrons. The molecule has 1 fully saturated rings. The largest absolute Gasteiger partial charge is 0.491 e. The van der Waals surface area contributed by atoms with Crippen LogP contribution in [0.2, 0.25) is 0 Å². The molecule has 3 aromatic rings.